The first kappa shape index (κ1) is 13.0. The van der Waals surface area contributed by atoms with E-state index in [-0.39, 0.29) is 12.2 Å². The summed E-state index contributed by atoms with van der Waals surface area (Å²) in [6.07, 6.45) is 0. The quantitative estimate of drug-likeness (QED) is 0.810. The largest absolute Gasteiger partial charge is 1.00 e. The van der Waals surface area contributed by atoms with Gasteiger partial charge in [0, 0.05) is 10.8 Å². The van der Waals surface area contributed by atoms with Gasteiger partial charge in [-0.3, -0.25) is 9.11 Å². The fraction of sp³-hybridized carbons (Fsp3) is 0. The van der Waals surface area contributed by atoms with E-state index in [9.17, 15) is 16.8 Å². The van der Waals surface area contributed by atoms with Crippen LogP contribution in [0.1, 0.15) is 1.43 Å². The Morgan fingerprint density at radius 2 is 1.06 bits per heavy atom. The van der Waals surface area contributed by atoms with Gasteiger partial charge in [-0.1, -0.05) is 24.3 Å². The molecule has 2 N–H and O–H groups in total. The SMILES string of the molecule is O=S(=O)(O)c1cccc2c(S(=O)(=O)O)cccc12.[H+]. The van der Waals surface area contributed by atoms with Crippen molar-refractivity contribution < 1.29 is 27.4 Å². The van der Waals surface area contributed by atoms with Gasteiger partial charge in [-0.15, -0.1) is 0 Å². The molecule has 0 aliphatic carbocycles. The van der Waals surface area contributed by atoms with Gasteiger partial charge < -0.3 is 0 Å². The highest BCUT2D eigenvalue weighted by Crippen LogP contribution is 2.27. The summed E-state index contributed by atoms with van der Waals surface area (Å²) in [7, 11) is -8.94. The first-order valence-electron chi connectivity index (χ1n) is 4.68. The van der Waals surface area contributed by atoms with E-state index in [2.05, 4.69) is 0 Å². The molecule has 0 saturated carbocycles. The highest BCUT2D eigenvalue weighted by Gasteiger charge is 2.18. The lowest BCUT2D eigenvalue weighted by Gasteiger charge is -2.06. The Balaban J connectivity index is 0.00000180. The fourth-order valence-corrected chi connectivity index (χ4v) is 3.12. The van der Waals surface area contributed by atoms with Crippen molar-refractivity contribution in [1.82, 2.24) is 0 Å². The van der Waals surface area contributed by atoms with Crippen LogP contribution in [0.5, 0.6) is 0 Å². The molecule has 2 aromatic rings. The van der Waals surface area contributed by atoms with Crippen molar-refractivity contribution in [3.63, 3.8) is 0 Å². The molecular formula is C10H9O6S2+. The molecule has 0 bridgehead atoms. The van der Waals surface area contributed by atoms with Crippen molar-refractivity contribution in [1.29, 1.82) is 0 Å². The van der Waals surface area contributed by atoms with Gasteiger partial charge in [0.1, 0.15) is 9.79 Å². The molecule has 0 amide bonds. The Labute approximate surface area is 105 Å². The maximum Gasteiger partial charge on any atom is 1.00 e. The number of hydrogen-bond acceptors (Lipinski definition) is 4. The average Bonchev–Trinajstić information content (AvgIpc) is 2.24. The normalized spacial score (nSPS) is 12.8. The van der Waals surface area contributed by atoms with Crippen molar-refractivity contribution in [3.05, 3.63) is 36.4 Å². The van der Waals surface area contributed by atoms with Gasteiger partial charge in [0.05, 0.1) is 0 Å². The van der Waals surface area contributed by atoms with Crippen LogP contribution in [0, 0.1) is 0 Å². The Morgan fingerprint density at radius 3 is 1.33 bits per heavy atom. The minimum Gasteiger partial charge on any atom is -0.282 e. The van der Waals surface area contributed by atoms with Crippen LogP contribution in [0.15, 0.2) is 46.2 Å². The van der Waals surface area contributed by atoms with Crippen LogP contribution in [0.3, 0.4) is 0 Å². The van der Waals surface area contributed by atoms with E-state index in [1.54, 1.807) is 0 Å². The molecular weight excluding hydrogens is 280 g/mol. The second kappa shape index (κ2) is 4.02. The highest BCUT2D eigenvalue weighted by molar-refractivity contribution is 7.86. The van der Waals surface area contributed by atoms with Gasteiger partial charge in [-0.05, 0) is 12.1 Å². The molecule has 0 radical (unpaired) electrons. The first-order valence-corrected chi connectivity index (χ1v) is 7.56. The Hall–Kier alpha value is -1.48. The molecule has 96 valence electrons. The van der Waals surface area contributed by atoms with Crippen molar-refractivity contribution in [2.24, 2.45) is 0 Å². The molecule has 18 heavy (non-hydrogen) atoms. The number of benzene rings is 2. The van der Waals surface area contributed by atoms with E-state index < -0.39 is 30.0 Å². The minimum absolute atomic E-state index is 0. The molecule has 8 heteroatoms. The van der Waals surface area contributed by atoms with E-state index in [1.165, 1.54) is 24.3 Å². The van der Waals surface area contributed by atoms with Crippen molar-refractivity contribution in [3.8, 4) is 0 Å². The highest BCUT2D eigenvalue weighted by atomic mass is 32.2. The second-order valence-electron chi connectivity index (χ2n) is 3.56. The van der Waals surface area contributed by atoms with Crippen LogP contribution >= 0.6 is 0 Å². The molecule has 0 aromatic heterocycles. The van der Waals surface area contributed by atoms with Crippen molar-refractivity contribution >= 4 is 31.0 Å². The summed E-state index contributed by atoms with van der Waals surface area (Å²) in [6.45, 7) is 0. The average molecular weight is 289 g/mol. The van der Waals surface area contributed by atoms with Gasteiger partial charge in [0.2, 0.25) is 0 Å². The predicted molar refractivity (Wildman–Crippen MR) is 64.7 cm³/mol. The van der Waals surface area contributed by atoms with Gasteiger partial charge in [0.15, 0.2) is 0 Å². The second-order valence-corrected chi connectivity index (χ2v) is 6.34. The molecule has 0 spiro atoms. The topological polar surface area (TPSA) is 109 Å². The molecule has 6 nitrogen and oxygen atoms in total. The summed E-state index contributed by atoms with van der Waals surface area (Å²) in [5.74, 6) is 0. The zero-order valence-electron chi connectivity index (χ0n) is 9.81. The standard InChI is InChI=1S/C10H8O6S2/c11-17(12,13)9-5-1-3-7-8(9)4-2-6-10(7)18(14,15)16/h1-6H,(H,11,12,13)(H,14,15,16)/p+1. The first-order chi connectivity index (χ1) is 8.21. The molecule has 0 aliphatic heterocycles. The molecule has 0 heterocycles. The fourth-order valence-electron chi connectivity index (χ4n) is 1.70. The zero-order chi connectivity index (χ0) is 13.6. The third-order valence-electron chi connectivity index (χ3n) is 2.40. The third-order valence-corrected chi connectivity index (χ3v) is 4.22. The summed E-state index contributed by atoms with van der Waals surface area (Å²) in [5.41, 5.74) is 0. The number of hydrogen-bond donors (Lipinski definition) is 2. The van der Waals surface area contributed by atoms with Crippen LogP contribution in [0.2, 0.25) is 0 Å². The van der Waals surface area contributed by atoms with Crippen LogP contribution < -0.4 is 0 Å². The summed E-state index contributed by atoms with van der Waals surface area (Å²) < 4.78 is 62.7. The monoisotopic (exact) mass is 289 g/mol. The van der Waals surface area contributed by atoms with E-state index in [0.717, 1.165) is 12.1 Å². The summed E-state index contributed by atoms with van der Waals surface area (Å²) >= 11 is 0. The molecule has 0 saturated heterocycles. The van der Waals surface area contributed by atoms with E-state index >= 15 is 0 Å². The minimum atomic E-state index is -4.47. The van der Waals surface area contributed by atoms with Gasteiger partial charge in [-0.25, -0.2) is 0 Å². The maximum absolute atomic E-state index is 11.2. The van der Waals surface area contributed by atoms with Gasteiger partial charge in [0.25, 0.3) is 20.2 Å². The Morgan fingerprint density at radius 1 is 0.722 bits per heavy atom. The van der Waals surface area contributed by atoms with E-state index in [0.29, 0.717) is 0 Å². The van der Waals surface area contributed by atoms with E-state index in [1.807, 2.05) is 0 Å². The lowest BCUT2D eigenvalue weighted by molar-refractivity contribution is 0.481. The summed E-state index contributed by atoms with van der Waals surface area (Å²) in [6, 6.07) is 7.53. The maximum atomic E-state index is 11.2. The van der Waals surface area contributed by atoms with Crippen molar-refractivity contribution in [2.45, 2.75) is 9.79 Å². The molecule has 0 aliphatic rings. The molecule has 2 aromatic carbocycles. The van der Waals surface area contributed by atoms with Crippen molar-refractivity contribution in [2.75, 3.05) is 0 Å². The molecule has 0 fully saturated rings. The van der Waals surface area contributed by atoms with Crippen LogP contribution in [0.4, 0.5) is 0 Å². The molecule has 0 unspecified atom stereocenters. The smallest absolute Gasteiger partial charge is 0.282 e. The summed E-state index contributed by atoms with van der Waals surface area (Å²) in [4.78, 5) is -0.823. The molecule has 2 rings (SSSR count). The summed E-state index contributed by atoms with van der Waals surface area (Å²) in [5, 5.41) is 0.0465. The van der Waals surface area contributed by atoms with Gasteiger partial charge >= 0.3 is 1.43 Å². The van der Waals surface area contributed by atoms with E-state index in [4.69, 9.17) is 9.11 Å². The van der Waals surface area contributed by atoms with Crippen LogP contribution in [0.25, 0.3) is 10.8 Å². The lowest BCUT2D eigenvalue weighted by Crippen LogP contribution is -2.02. The third kappa shape index (κ3) is 2.23. The van der Waals surface area contributed by atoms with Gasteiger partial charge in [-0.2, -0.15) is 16.8 Å². The van der Waals surface area contributed by atoms with Crippen LogP contribution in [-0.2, 0) is 20.2 Å². The number of fused-ring (bicyclic) bond motifs is 1. The lowest BCUT2D eigenvalue weighted by atomic mass is 10.1. The number of rotatable bonds is 2. The Kier molecular flexibility index (Phi) is 2.90. The predicted octanol–water partition coefficient (Wildman–Crippen LogP) is 1.45. The zero-order valence-corrected chi connectivity index (χ0v) is 10.4. The van der Waals surface area contributed by atoms with Crippen LogP contribution in [-0.4, -0.2) is 25.9 Å². The molecule has 0 atom stereocenters. The Bertz CT molecular complexity index is 755.